The predicted octanol–water partition coefficient (Wildman–Crippen LogP) is 0.306. The number of carbonyl (C=O) groups is 1. The first-order chi connectivity index (χ1) is 13.2. The minimum atomic E-state index is -0.0996. The molecule has 3 aromatic rings. The number of aromatic nitrogens is 5. The third-order valence-corrected chi connectivity index (χ3v) is 5.20. The second-order valence-electron chi connectivity index (χ2n) is 6.22. The summed E-state index contributed by atoms with van der Waals surface area (Å²) in [7, 11) is 0. The van der Waals surface area contributed by atoms with Crippen molar-refractivity contribution in [2.75, 3.05) is 32.7 Å². The third kappa shape index (κ3) is 4.04. The number of nitrogens with zero attached hydrogens (tertiary/aromatic N) is 7. The molecule has 142 valence electrons. The van der Waals surface area contributed by atoms with Crippen LogP contribution in [0.4, 0.5) is 0 Å². The van der Waals surface area contributed by atoms with Gasteiger partial charge in [0.15, 0.2) is 11.5 Å². The smallest absolute Gasteiger partial charge is 0.276 e. The summed E-state index contributed by atoms with van der Waals surface area (Å²) < 4.78 is 6.91. The molecule has 0 unspecified atom stereocenters. The van der Waals surface area contributed by atoms with Crippen LogP contribution in [0.2, 0.25) is 0 Å². The van der Waals surface area contributed by atoms with Gasteiger partial charge in [0, 0.05) is 32.7 Å². The number of nitrogens with two attached hydrogens (primary N) is 1. The fourth-order valence-electron chi connectivity index (χ4n) is 2.93. The minimum Gasteiger partial charge on any atom is -0.335 e. The maximum atomic E-state index is 12.5. The Bertz CT molecular complexity index is 882. The Morgan fingerprint density at radius 3 is 2.89 bits per heavy atom. The van der Waals surface area contributed by atoms with Gasteiger partial charge in [-0.25, -0.2) is 0 Å². The van der Waals surface area contributed by atoms with Gasteiger partial charge in [-0.05, 0) is 11.4 Å². The molecule has 0 saturated carbocycles. The highest BCUT2D eigenvalue weighted by molar-refractivity contribution is 7.13. The van der Waals surface area contributed by atoms with Crippen LogP contribution >= 0.6 is 11.3 Å². The summed E-state index contributed by atoms with van der Waals surface area (Å²) >= 11 is 1.57. The van der Waals surface area contributed by atoms with Gasteiger partial charge >= 0.3 is 0 Å². The molecule has 1 fully saturated rings. The van der Waals surface area contributed by atoms with Crippen LogP contribution in [0.5, 0.6) is 0 Å². The fourth-order valence-corrected chi connectivity index (χ4v) is 3.57. The summed E-state index contributed by atoms with van der Waals surface area (Å²) in [5.74, 6) is 1.11. The van der Waals surface area contributed by atoms with Gasteiger partial charge in [0.25, 0.3) is 11.8 Å². The average molecular weight is 388 g/mol. The van der Waals surface area contributed by atoms with E-state index in [2.05, 4.69) is 25.4 Å². The predicted molar refractivity (Wildman–Crippen MR) is 97.9 cm³/mol. The van der Waals surface area contributed by atoms with Crippen molar-refractivity contribution in [3.8, 4) is 10.8 Å². The van der Waals surface area contributed by atoms with Gasteiger partial charge in [0.2, 0.25) is 0 Å². The number of hydrogen-bond donors (Lipinski definition) is 1. The molecule has 4 heterocycles. The average Bonchev–Trinajstić information content (AvgIpc) is 3.44. The Hall–Kier alpha value is -2.63. The first kappa shape index (κ1) is 17.8. The number of rotatable bonds is 6. The van der Waals surface area contributed by atoms with Crippen LogP contribution in [-0.4, -0.2) is 73.6 Å². The van der Waals surface area contributed by atoms with Crippen molar-refractivity contribution in [2.24, 2.45) is 5.73 Å². The van der Waals surface area contributed by atoms with E-state index in [1.54, 1.807) is 27.1 Å². The molecule has 0 spiro atoms. The second kappa shape index (κ2) is 7.94. The topological polar surface area (TPSA) is 119 Å². The van der Waals surface area contributed by atoms with Crippen LogP contribution in [0, 0.1) is 0 Å². The van der Waals surface area contributed by atoms with E-state index in [1.165, 1.54) is 0 Å². The Kier molecular flexibility index (Phi) is 5.23. The summed E-state index contributed by atoms with van der Waals surface area (Å²) in [6, 6.07) is 3.91. The van der Waals surface area contributed by atoms with Crippen LogP contribution in [0.3, 0.4) is 0 Å². The molecule has 2 N–H and O–H groups in total. The summed E-state index contributed by atoms with van der Waals surface area (Å²) in [6.07, 6.45) is 1.65. The van der Waals surface area contributed by atoms with Gasteiger partial charge in [-0.15, -0.1) is 16.4 Å². The van der Waals surface area contributed by atoms with E-state index in [9.17, 15) is 4.79 Å². The van der Waals surface area contributed by atoms with Crippen molar-refractivity contribution < 1.29 is 9.32 Å². The van der Waals surface area contributed by atoms with Crippen LogP contribution in [0.25, 0.3) is 10.8 Å². The molecule has 11 heteroatoms. The lowest BCUT2D eigenvalue weighted by atomic mass is 10.3. The lowest BCUT2D eigenvalue weighted by Crippen LogP contribution is -2.48. The molecule has 1 aliphatic heterocycles. The Labute approximate surface area is 159 Å². The van der Waals surface area contributed by atoms with Crippen molar-refractivity contribution >= 4 is 17.2 Å². The molecule has 0 aromatic carbocycles. The third-order valence-electron chi connectivity index (χ3n) is 4.34. The van der Waals surface area contributed by atoms with Gasteiger partial charge in [-0.1, -0.05) is 16.4 Å². The van der Waals surface area contributed by atoms with Crippen molar-refractivity contribution in [1.82, 2.24) is 34.9 Å². The van der Waals surface area contributed by atoms with Gasteiger partial charge in [-0.3, -0.25) is 14.4 Å². The monoisotopic (exact) mass is 388 g/mol. The van der Waals surface area contributed by atoms with Crippen LogP contribution in [0.15, 0.2) is 28.2 Å². The molecule has 0 atom stereocenters. The first-order valence-electron chi connectivity index (χ1n) is 8.71. The van der Waals surface area contributed by atoms with Crippen molar-refractivity contribution in [2.45, 2.75) is 13.1 Å². The van der Waals surface area contributed by atoms with E-state index in [-0.39, 0.29) is 5.91 Å². The zero-order chi connectivity index (χ0) is 18.6. The molecule has 1 saturated heterocycles. The van der Waals surface area contributed by atoms with Crippen LogP contribution in [-0.2, 0) is 13.1 Å². The lowest BCUT2D eigenvalue weighted by Gasteiger charge is -2.33. The standard InChI is InChI=1S/C16H20N8O2S/c17-3-4-24-10-12(19-21-24)16(25)23-7-5-22(6-8-23)11-14-18-15(26-20-14)13-2-1-9-27-13/h1-2,9-10H,3-8,11,17H2. The van der Waals surface area contributed by atoms with E-state index in [4.69, 9.17) is 10.3 Å². The van der Waals surface area contributed by atoms with Gasteiger partial charge in [-0.2, -0.15) is 4.98 Å². The molecule has 27 heavy (non-hydrogen) atoms. The molecule has 1 aliphatic rings. The number of thiophene rings is 1. The van der Waals surface area contributed by atoms with Crippen LogP contribution < -0.4 is 5.73 Å². The second-order valence-corrected chi connectivity index (χ2v) is 7.16. The Balaban J connectivity index is 1.30. The van der Waals surface area contributed by atoms with Crippen molar-refractivity contribution in [1.29, 1.82) is 0 Å². The minimum absolute atomic E-state index is 0.0996. The zero-order valence-electron chi connectivity index (χ0n) is 14.7. The lowest BCUT2D eigenvalue weighted by molar-refractivity contribution is 0.0618. The fraction of sp³-hybridized carbons (Fsp3) is 0.438. The molecule has 0 radical (unpaired) electrons. The summed E-state index contributed by atoms with van der Waals surface area (Å²) in [5, 5.41) is 13.9. The highest BCUT2D eigenvalue weighted by atomic mass is 32.1. The summed E-state index contributed by atoms with van der Waals surface area (Å²) in [4.78, 5) is 22.0. The maximum Gasteiger partial charge on any atom is 0.276 e. The SMILES string of the molecule is NCCn1cc(C(=O)N2CCN(Cc3noc(-c4cccs4)n3)CC2)nn1. The highest BCUT2D eigenvalue weighted by Crippen LogP contribution is 2.22. The normalized spacial score (nSPS) is 15.4. The maximum absolute atomic E-state index is 12.5. The number of amides is 1. The number of hydrogen-bond acceptors (Lipinski definition) is 9. The van der Waals surface area contributed by atoms with E-state index < -0.39 is 0 Å². The summed E-state index contributed by atoms with van der Waals surface area (Å²) in [6.45, 7) is 4.34. The quantitative estimate of drug-likeness (QED) is 0.641. The molecule has 4 rings (SSSR count). The van der Waals surface area contributed by atoms with Crippen LogP contribution in [0.1, 0.15) is 16.3 Å². The Morgan fingerprint density at radius 2 is 2.15 bits per heavy atom. The molecule has 0 bridgehead atoms. The molecule has 1 amide bonds. The number of carbonyl (C=O) groups excluding carboxylic acids is 1. The summed E-state index contributed by atoms with van der Waals surface area (Å²) in [5.41, 5.74) is 5.85. The molecule has 3 aromatic heterocycles. The van der Waals surface area contributed by atoms with E-state index >= 15 is 0 Å². The largest absolute Gasteiger partial charge is 0.335 e. The van der Waals surface area contributed by atoms with E-state index in [0.717, 1.165) is 18.0 Å². The molecule has 10 nitrogen and oxygen atoms in total. The number of piperazine rings is 1. The van der Waals surface area contributed by atoms with Crippen molar-refractivity contribution in [3.05, 3.63) is 35.2 Å². The zero-order valence-corrected chi connectivity index (χ0v) is 15.5. The van der Waals surface area contributed by atoms with Gasteiger partial charge in [0.05, 0.1) is 24.2 Å². The molecular formula is C16H20N8O2S. The van der Waals surface area contributed by atoms with Gasteiger partial charge in [0.1, 0.15) is 0 Å². The van der Waals surface area contributed by atoms with E-state index in [1.807, 2.05) is 17.5 Å². The molecule has 0 aliphatic carbocycles. The van der Waals surface area contributed by atoms with E-state index in [0.29, 0.717) is 50.1 Å². The first-order valence-corrected chi connectivity index (χ1v) is 9.59. The van der Waals surface area contributed by atoms with Gasteiger partial charge < -0.3 is 15.2 Å². The van der Waals surface area contributed by atoms with Crippen molar-refractivity contribution in [3.63, 3.8) is 0 Å². The highest BCUT2D eigenvalue weighted by Gasteiger charge is 2.25. The molecular weight excluding hydrogens is 368 g/mol. The Morgan fingerprint density at radius 1 is 1.30 bits per heavy atom.